The van der Waals surface area contributed by atoms with Crippen molar-refractivity contribution in [3.63, 3.8) is 0 Å². The summed E-state index contributed by atoms with van der Waals surface area (Å²) in [5.41, 5.74) is 1.72. The van der Waals surface area contributed by atoms with Gasteiger partial charge < -0.3 is 4.74 Å². The molecule has 4 rings (SSSR count). The fraction of sp³-hybridized carbons (Fsp3) is 0.955. The van der Waals surface area contributed by atoms with E-state index in [0.717, 1.165) is 18.3 Å². The number of carbonyl (C=O) groups is 1. The maximum Gasteiger partial charge on any atom is 0.302 e. The number of esters is 1. The highest BCUT2D eigenvalue weighted by Gasteiger charge is 2.69. The van der Waals surface area contributed by atoms with Crippen LogP contribution in [0.25, 0.3) is 0 Å². The van der Waals surface area contributed by atoms with Crippen molar-refractivity contribution in [2.75, 3.05) is 0 Å². The van der Waals surface area contributed by atoms with Crippen LogP contribution in [0.3, 0.4) is 0 Å². The van der Waals surface area contributed by atoms with E-state index in [-0.39, 0.29) is 17.5 Å². The van der Waals surface area contributed by atoms with E-state index >= 15 is 0 Å². The molecular weight excluding hydrogens is 296 g/mol. The van der Waals surface area contributed by atoms with E-state index in [0.29, 0.717) is 16.2 Å². The van der Waals surface area contributed by atoms with Crippen LogP contribution in [0.4, 0.5) is 0 Å². The average Bonchev–Trinajstić information content (AvgIpc) is 2.77. The molecule has 4 saturated carbocycles. The number of carbonyl (C=O) groups excluding carboxylic acids is 1. The molecule has 0 aliphatic heterocycles. The zero-order valence-electron chi connectivity index (χ0n) is 16.4. The minimum Gasteiger partial charge on any atom is -0.462 e. The zero-order valence-corrected chi connectivity index (χ0v) is 16.4. The van der Waals surface area contributed by atoms with Crippen molar-refractivity contribution < 1.29 is 9.53 Å². The number of hydrogen-bond acceptors (Lipinski definition) is 2. The van der Waals surface area contributed by atoms with E-state index in [9.17, 15) is 4.79 Å². The third-order valence-corrected chi connectivity index (χ3v) is 9.40. The van der Waals surface area contributed by atoms with Crippen molar-refractivity contribution in [3.05, 3.63) is 0 Å². The van der Waals surface area contributed by atoms with E-state index < -0.39 is 0 Å². The van der Waals surface area contributed by atoms with Crippen LogP contribution >= 0.6 is 0 Å². The number of hydrogen-bond donors (Lipinski definition) is 0. The van der Waals surface area contributed by atoms with Gasteiger partial charge in [-0.1, -0.05) is 34.1 Å². The highest BCUT2D eigenvalue weighted by Crippen LogP contribution is 2.76. The fourth-order valence-electron chi connectivity index (χ4n) is 8.33. The van der Waals surface area contributed by atoms with Crippen molar-refractivity contribution in [1.82, 2.24) is 0 Å². The lowest BCUT2D eigenvalue weighted by Crippen LogP contribution is -2.60. The van der Waals surface area contributed by atoms with E-state index in [1.54, 1.807) is 6.92 Å². The molecule has 0 amide bonds. The van der Waals surface area contributed by atoms with Crippen LogP contribution in [0.15, 0.2) is 0 Å². The van der Waals surface area contributed by atoms with Crippen LogP contribution in [0.2, 0.25) is 0 Å². The summed E-state index contributed by atoms with van der Waals surface area (Å²) < 4.78 is 5.84. The topological polar surface area (TPSA) is 26.3 Å². The van der Waals surface area contributed by atoms with Gasteiger partial charge in [-0.2, -0.15) is 0 Å². The molecule has 0 radical (unpaired) electrons. The van der Waals surface area contributed by atoms with Crippen LogP contribution in [-0.2, 0) is 9.53 Å². The minimum absolute atomic E-state index is 0.0840. The Hall–Kier alpha value is -0.530. The molecule has 136 valence electrons. The molecule has 2 bridgehead atoms. The predicted molar refractivity (Wildman–Crippen MR) is 96.5 cm³/mol. The van der Waals surface area contributed by atoms with Crippen molar-refractivity contribution >= 4 is 5.97 Å². The standard InChI is InChI=1S/C22H36O2/c1-15(23)24-18-13-16-7-8-17-19(2,3)9-6-10-21(17,5)22(16)12-11-20(18,4)14-22/h16-18H,6-14H2,1-5H3/t16-,17-,18+,20-,21-,22-/m0/s1. The Bertz CT molecular complexity index is 552. The highest BCUT2D eigenvalue weighted by atomic mass is 16.5. The molecule has 2 heteroatoms. The summed E-state index contributed by atoms with van der Waals surface area (Å²) in [6.45, 7) is 11.7. The molecule has 0 aromatic rings. The second-order valence-corrected chi connectivity index (χ2v) is 10.9. The lowest BCUT2D eigenvalue weighted by molar-refractivity contribution is -0.197. The van der Waals surface area contributed by atoms with Gasteiger partial charge in [0.05, 0.1) is 0 Å². The van der Waals surface area contributed by atoms with Crippen molar-refractivity contribution in [2.24, 2.45) is 33.5 Å². The number of ether oxygens (including phenoxy) is 1. The van der Waals surface area contributed by atoms with Crippen LogP contribution in [-0.4, -0.2) is 12.1 Å². The van der Waals surface area contributed by atoms with Gasteiger partial charge in [0.1, 0.15) is 6.10 Å². The first kappa shape index (κ1) is 16.9. The lowest BCUT2D eigenvalue weighted by Gasteiger charge is -2.67. The third kappa shape index (κ3) is 2.04. The highest BCUT2D eigenvalue weighted by molar-refractivity contribution is 5.66. The molecule has 0 heterocycles. The molecule has 1 spiro atoms. The summed E-state index contributed by atoms with van der Waals surface area (Å²) in [6, 6.07) is 0. The van der Waals surface area contributed by atoms with Gasteiger partial charge in [-0.25, -0.2) is 0 Å². The monoisotopic (exact) mass is 332 g/mol. The van der Waals surface area contributed by atoms with E-state index in [2.05, 4.69) is 27.7 Å². The summed E-state index contributed by atoms with van der Waals surface area (Å²) in [6.07, 6.45) is 12.2. The normalized spacial score (nSPS) is 52.3. The molecule has 0 aromatic heterocycles. The number of rotatable bonds is 1. The molecule has 4 aliphatic carbocycles. The van der Waals surface area contributed by atoms with Crippen molar-refractivity contribution in [1.29, 1.82) is 0 Å². The maximum atomic E-state index is 11.6. The summed E-state index contributed by atoms with van der Waals surface area (Å²) in [5.74, 6) is 1.56. The second-order valence-electron chi connectivity index (χ2n) is 10.9. The second kappa shape index (κ2) is 5.01. The zero-order chi connectivity index (χ0) is 17.4. The lowest BCUT2D eigenvalue weighted by atomic mass is 9.38. The summed E-state index contributed by atoms with van der Waals surface area (Å²) >= 11 is 0. The van der Waals surface area contributed by atoms with Crippen molar-refractivity contribution in [3.8, 4) is 0 Å². The Balaban J connectivity index is 1.72. The molecule has 0 N–H and O–H groups in total. The quantitative estimate of drug-likeness (QED) is 0.572. The smallest absolute Gasteiger partial charge is 0.302 e. The van der Waals surface area contributed by atoms with E-state index in [1.165, 1.54) is 51.4 Å². The van der Waals surface area contributed by atoms with Crippen LogP contribution in [0.5, 0.6) is 0 Å². The van der Waals surface area contributed by atoms with Crippen LogP contribution < -0.4 is 0 Å². The van der Waals surface area contributed by atoms with Gasteiger partial charge in [0.15, 0.2) is 0 Å². The summed E-state index contributed by atoms with van der Waals surface area (Å²) in [4.78, 5) is 11.6. The van der Waals surface area contributed by atoms with Gasteiger partial charge >= 0.3 is 5.97 Å². The van der Waals surface area contributed by atoms with Crippen LogP contribution in [0.1, 0.15) is 92.4 Å². The van der Waals surface area contributed by atoms with Gasteiger partial charge in [-0.15, -0.1) is 0 Å². The third-order valence-electron chi connectivity index (χ3n) is 9.40. The SMILES string of the molecule is CC(=O)O[C@@H]1C[C@@H]2CC[C@H]3C(C)(C)CCC[C@]3(C)[C@]23CC[C@@]1(C)C3. The van der Waals surface area contributed by atoms with Gasteiger partial charge in [0.2, 0.25) is 0 Å². The molecule has 0 saturated heterocycles. The average molecular weight is 333 g/mol. The fourth-order valence-corrected chi connectivity index (χ4v) is 8.33. The minimum atomic E-state index is -0.0840. The Morgan fingerprint density at radius 1 is 1.00 bits per heavy atom. The summed E-state index contributed by atoms with van der Waals surface area (Å²) in [5, 5.41) is 0. The summed E-state index contributed by atoms with van der Waals surface area (Å²) in [7, 11) is 0. The first-order valence-electron chi connectivity index (χ1n) is 10.3. The first-order valence-corrected chi connectivity index (χ1v) is 10.3. The molecule has 4 fully saturated rings. The maximum absolute atomic E-state index is 11.6. The molecule has 24 heavy (non-hydrogen) atoms. The molecular formula is C22H36O2. The van der Waals surface area contributed by atoms with E-state index in [1.807, 2.05) is 0 Å². The van der Waals surface area contributed by atoms with Crippen LogP contribution in [0, 0.1) is 33.5 Å². The Labute approximate surface area is 148 Å². The molecule has 0 unspecified atom stereocenters. The van der Waals surface area contributed by atoms with Gasteiger partial charge in [-0.3, -0.25) is 4.79 Å². The van der Waals surface area contributed by atoms with Crippen molar-refractivity contribution in [2.45, 2.75) is 98.5 Å². The molecule has 6 atom stereocenters. The molecule has 4 aliphatic rings. The Morgan fingerprint density at radius 3 is 2.46 bits per heavy atom. The Morgan fingerprint density at radius 2 is 1.75 bits per heavy atom. The first-order chi connectivity index (χ1) is 11.1. The largest absolute Gasteiger partial charge is 0.462 e. The van der Waals surface area contributed by atoms with Gasteiger partial charge in [0, 0.05) is 12.3 Å². The van der Waals surface area contributed by atoms with Gasteiger partial charge in [-0.05, 0) is 79.4 Å². The van der Waals surface area contributed by atoms with Gasteiger partial charge in [0.25, 0.3) is 0 Å². The molecule has 2 nitrogen and oxygen atoms in total. The Kier molecular flexibility index (Phi) is 3.53. The molecule has 0 aromatic carbocycles. The number of fused-ring (bicyclic) bond motifs is 2. The van der Waals surface area contributed by atoms with E-state index in [4.69, 9.17) is 4.74 Å². The predicted octanol–water partition coefficient (Wildman–Crippen LogP) is 5.74.